The second kappa shape index (κ2) is 5.73. The van der Waals surface area contributed by atoms with Crippen LogP contribution in [0, 0.1) is 29.6 Å². The number of ether oxygens (including phenoxy) is 1. The number of halogens is 2. The SMILES string of the molecule is Cc1cc2c(c(=O)o1)C(c1ccc(Cl)cc1Cl)C(C#N)C(=N)O2. The second-order valence-electron chi connectivity index (χ2n) is 5.14. The molecule has 5 nitrogen and oxygen atoms in total. The van der Waals surface area contributed by atoms with E-state index in [1.165, 1.54) is 12.1 Å². The molecule has 116 valence electrons. The van der Waals surface area contributed by atoms with Gasteiger partial charge in [-0.3, -0.25) is 5.41 Å². The molecular formula is C16H10Cl2N2O3. The number of nitrogens with one attached hydrogen (secondary N) is 1. The zero-order chi connectivity index (χ0) is 16.7. The van der Waals surface area contributed by atoms with Crippen LogP contribution in [0.5, 0.6) is 5.75 Å². The molecule has 0 amide bonds. The number of aryl methyl sites for hydroxylation is 1. The summed E-state index contributed by atoms with van der Waals surface area (Å²) >= 11 is 12.2. The lowest BCUT2D eigenvalue weighted by Gasteiger charge is -2.29. The summed E-state index contributed by atoms with van der Waals surface area (Å²) in [4.78, 5) is 12.3. The molecule has 0 saturated carbocycles. The first-order valence-corrected chi connectivity index (χ1v) is 7.43. The van der Waals surface area contributed by atoms with Gasteiger partial charge in [-0.05, 0) is 24.6 Å². The summed E-state index contributed by atoms with van der Waals surface area (Å²) < 4.78 is 10.5. The fourth-order valence-corrected chi connectivity index (χ4v) is 3.21. The molecule has 2 unspecified atom stereocenters. The van der Waals surface area contributed by atoms with Crippen LogP contribution in [0.1, 0.15) is 22.8 Å². The smallest absolute Gasteiger partial charge is 0.343 e. The van der Waals surface area contributed by atoms with Crippen molar-refractivity contribution in [2.24, 2.45) is 5.92 Å². The van der Waals surface area contributed by atoms with Crippen LogP contribution in [0.3, 0.4) is 0 Å². The highest BCUT2D eigenvalue weighted by atomic mass is 35.5. The normalized spacial score (nSPS) is 19.7. The van der Waals surface area contributed by atoms with E-state index in [0.29, 0.717) is 21.4 Å². The van der Waals surface area contributed by atoms with Gasteiger partial charge in [0, 0.05) is 22.0 Å². The molecule has 2 aromatic rings. The minimum absolute atomic E-state index is 0.183. The molecule has 0 bridgehead atoms. The topological polar surface area (TPSA) is 87.1 Å². The van der Waals surface area contributed by atoms with Crippen LogP contribution < -0.4 is 10.4 Å². The van der Waals surface area contributed by atoms with E-state index in [0.717, 1.165) is 0 Å². The van der Waals surface area contributed by atoms with Gasteiger partial charge in [0.2, 0.25) is 5.90 Å². The highest BCUT2D eigenvalue weighted by Gasteiger charge is 2.40. The summed E-state index contributed by atoms with van der Waals surface area (Å²) in [6.07, 6.45) is 0. The summed E-state index contributed by atoms with van der Waals surface area (Å²) in [6, 6.07) is 8.31. The molecule has 7 heteroatoms. The summed E-state index contributed by atoms with van der Waals surface area (Å²) in [5, 5.41) is 18.1. The van der Waals surface area contributed by atoms with Crippen molar-refractivity contribution in [3.63, 3.8) is 0 Å². The zero-order valence-corrected chi connectivity index (χ0v) is 13.4. The molecule has 1 aliphatic rings. The Balaban J connectivity index is 2.31. The minimum Gasteiger partial charge on any atom is -0.441 e. The highest BCUT2D eigenvalue weighted by Crippen LogP contribution is 2.43. The van der Waals surface area contributed by atoms with Crippen LogP contribution in [0.25, 0.3) is 0 Å². The number of rotatable bonds is 1. The molecule has 1 aliphatic heterocycles. The average Bonchev–Trinajstić information content (AvgIpc) is 2.45. The van der Waals surface area contributed by atoms with Crippen LogP contribution in [-0.2, 0) is 0 Å². The van der Waals surface area contributed by atoms with E-state index in [-0.39, 0.29) is 17.2 Å². The van der Waals surface area contributed by atoms with Crippen molar-refractivity contribution in [3.8, 4) is 11.8 Å². The van der Waals surface area contributed by atoms with Crippen LogP contribution in [-0.4, -0.2) is 5.90 Å². The van der Waals surface area contributed by atoms with Crippen molar-refractivity contribution in [1.29, 1.82) is 10.7 Å². The summed E-state index contributed by atoms with van der Waals surface area (Å²) in [5.41, 5.74) is 0.0965. The molecule has 2 atom stereocenters. The van der Waals surface area contributed by atoms with Gasteiger partial charge in [-0.15, -0.1) is 0 Å². The number of benzene rings is 1. The first kappa shape index (κ1) is 15.6. The molecule has 23 heavy (non-hydrogen) atoms. The first-order valence-electron chi connectivity index (χ1n) is 6.68. The van der Waals surface area contributed by atoms with E-state index in [2.05, 4.69) is 0 Å². The van der Waals surface area contributed by atoms with Gasteiger partial charge in [-0.2, -0.15) is 5.26 Å². The van der Waals surface area contributed by atoms with Crippen LogP contribution >= 0.6 is 23.2 Å². The Labute approximate surface area is 141 Å². The van der Waals surface area contributed by atoms with Crippen molar-refractivity contribution in [2.75, 3.05) is 0 Å². The van der Waals surface area contributed by atoms with E-state index < -0.39 is 17.5 Å². The van der Waals surface area contributed by atoms with Gasteiger partial charge >= 0.3 is 5.63 Å². The Morgan fingerprint density at radius 2 is 2.04 bits per heavy atom. The zero-order valence-electron chi connectivity index (χ0n) is 11.9. The summed E-state index contributed by atoms with van der Waals surface area (Å²) in [5.74, 6) is -1.39. The van der Waals surface area contributed by atoms with Crippen molar-refractivity contribution in [3.05, 3.63) is 61.6 Å². The maximum Gasteiger partial charge on any atom is 0.343 e. The quantitative estimate of drug-likeness (QED) is 0.846. The van der Waals surface area contributed by atoms with E-state index >= 15 is 0 Å². The molecule has 2 heterocycles. The third-order valence-electron chi connectivity index (χ3n) is 3.66. The molecule has 0 fully saturated rings. The van der Waals surface area contributed by atoms with Gasteiger partial charge in [0.1, 0.15) is 17.4 Å². The Hall–Kier alpha value is -2.29. The molecule has 0 saturated heterocycles. The van der Waals surface area contributed by atoms with Crippen molar-refractivity contribution in [2.45, 2.75) is 12.8 Å². The molecule has 0 radical (unpaired) electrons. The standard InChI is InChI=1S/C16H10Cl2N2O3/c1-7-4-12-14(16(21)22-7)13(10(6-19)15(20)23-12)9-3-2-8(17)5-11(9)18/h2-5,10,13,20H,1H3. The van der Waals surface area contributed by atoms with E-state index in [1.54, 1.807) is 19.1 Å². The largest absolute Gasteiger partial charge is 0.441 e. The van der Waals surface area contributed by atoms with Crippen molar-refractivity contribution >= 4 is 29.1 Å². The van der Waals surface area contributed by atoms with E-state index in [9.17, 15) is 10.1 Å². The predicted octanol–water partition coefficient (Wildman–Crippen LogP) is 3.90. The van der Waals surface area contributed by atoms with Gasteiger partial charge in [-0.1, -0.05) is 29.3 Å². The Morgan fingerprint density at radius 3 is 2.70 bits per heavy atom. The van der Waals surface area contributed by atoms with Gasteiger partial charge < -0.3 is 9.15 Å². The lowest BCUT2D eigenvalue weighted by molar-refractivity contribution is 0.403. The fraction of sp³-hybridized carbons (Fsp3) is 0.188. The number of hydrogen-bond acceptors (Lipinski definition) is 5. The predicted molar refractivity (Wildman–Crippen MR) is 85.5 cm³/mol. The average molecular weight is 349 g/mol. The lowest BCUT2D eigenvalue weighted by atomic mass is 9.80. The first-order chi connectivity index (χ1) is 10.9. The summed E-state index contributed by atoms with van der Waals surface area (Å²) in [7, 11) is 0. The van der Waals surface area contributed by atoms with Crippen LogP contribution in [0.4, 0.5) is 0 Å². The third-order valence-corrected chi connectivity index (χ3v) is 4.22. The molecule has 1 N–H and O–H groups in total. The number of fused-ring (bicyclic) bond motifs is 1. The van der Waals surface area contributed by atoms with Crippen LogP contribution in [0.15, 0.2) is 33.5 Å². The fourth-order valence-electron chi connectivity index (χ4n) is 2.68. The van der Waals surface area contributed by atoms with E-state index in [1.807, 2.05) is 6.07 Å². The van der Waals surface area contributed by atoms with Gasteiger partial charge in [0.25, 0.3) is 0 Å². The Bertz CT molecular complexity index is 915. The Kier molecular flexibility index (Phi) is 3.88. The third kappa shape index (κ3) is 2.61. The van der Waals surface area contributed by atoms with Gasteiger partial charge in [0.05, 0.1) is 11.6 Å². The summed E-state index contributed by atoms with van der Waals surface area (Å²) in [6.45, 7) is 1.61. The number of hydrogen-bond donors (Lipinski definition) is 1. The Morgan fingerprint density at radius 1 is 1.30 bits per heavy atom. The molecular weight excluding hydrogens is 339 g/mol. The van der Waals surface area contributed by atoms with Crippen molar-refractivity contribution < 1.29 is 9.15 Å². The van der Waals surface area contributed by atoms with E-state index in [4.69, 9.17) is 37.8 Å². The molecule has 0 aliphatic carbocycles. The highest BCUT2D eigenvalue weighted by molar-refractivity contribution is 6.35. The minimum atomic E-state index is -0.980. The molecule has 1 aromatic heterocycles. The number of nitrogens with zero attached hydrogens (tertiary/aromatic N) is 1. The maximum atomic E-state index is 12.3. The monoisotopic (exact) mass is 348 g/mol. The molecule has 3 rings (SSSR count). The van der Waals surface area contributed by atoms with Gasteiger partial charge in [-0.25, -0.2) is 4.79 Å². The molecule has 0 spiro atoms. The lowest BCUT2D eigenvalue weighted by Crippen LogP contribution is -2.34. The second-order valence-corrected chi connectivity index (χ2v) is 5.98. The molecule has 1 aromatic carbocycles. The van der Waals surface area contributed by atoms with Crippen LogP contribution in [0.2, 0.25) is 10.0 Å². The number of nitriles is 1. The maximum absolute atomic E-state index is 12.3. The van der Waals surface area contributed by atoms with Gasteiger partial charge in [0.15, 0.2) is 0 Å². The van der Waals surface area contributed by atoms with Crippen molar-refractivity contribution in [1.82, 2.24) is 0 Å².